The molecular weight excluding hydrogens is 166 g/mol. The van der Waals surface area contributed by atoms with Gasteiger partial charge in [0.15, 0.2) is 6.29 Å². The quantitative estimate of drug-likeness (QED) is 0.660. The first-order chi connectivity index (χ1) is 6.33. The number of hydrogen-bond donors (Lipinski definition) is 1. The predicted molar refractivity (Wildman–Crippen MR) is 49.1 cm³/mol. The highest BCUT2D eigenvalue weighted by Gasteiger charge is 2.11. The molecule has 0 bridgehead atoms. The Morgan fingerprint density at radius 2 is 1.92 bits per heavy atom. The smallest absolute Gasteiger partial charge is 0.259 e. The Labute approximate surface area is 74.4 Å². The van der Waals surface area contributed by atoms with E-state index in [2.05, 4.69) is 4.98 Å². The maximum Gasteiger partial charge on any atom is 0.259 e. The second kappa shape index (κ2) is 2.86. The van der Waals surface area contributed by atoms with Crippen LogP contribution in [0.2, 0.25) is 0 Å². The molecule has 0 aromatic rings. The molecule has 3 nitrogen and oxygen atoms in total. The third-order valence-corrected chi connectivity index (χ3v) is 1.94. The van der Waals surface area contributed by atoms with E-state index in [-0.39, 0.29) is 11.1 Å². The molecule has 2 aliphatic rings. The highest BCUT2D eigenvalue weighted by atomic mass is 16.1. The lowest BCUT2D eigenvalue weighted by atomic mass is 10.1. The van der Waals surface area contributed by atoms with Gasteiger partial charge in [-0.3, -0.25) is 9.59 Å². The number of rotatable bonds is 1. The van der Waals surface area contributed by atoms with E-state index in [0.29, 0.717) is 17.5 Å². The first-order valence-electron chi connectivity index (χ1n) is 3.89. The fraction of sp³-hybridized carbons (Fsp3) is 0. The van der Waals surface area contributed by atoms with Gasteiger partial charge in [-0.25, -0.2) is 0 Å². The summed E-state index contributed by atoms with van der Waals surface area (Å²) in [4.78, 5) is 24.4. The Balaban J connectivity index is 2.87. The van der Waals surface area contributed by atoms with Gasteiger partial charge < -0.3 is 4.98 Å². The first-order valence-corrected chi connectivity index (χ1v) is 3.89. The molecule has 0 saturated heterocycles. The molecule has 1 aliphatic carbocycles. The van der Waals surface area contributed by atoms with E-state index in [0.717, 1.165) is 0 Å². The van der Waals surface area contributed by atoms with Gasteiger partial charge in [-0.1, -0.05) is 24.3 Å². The SMILES string of the molecule is O=Cc1c2cccccc-2[nH]c1=O. The van der Waals surface area contributed by atoms with Crippen LogP contribution in [0.15, 0.2) is 35.1 Å². The van der Waals surface area contributed by atoms with Crippen LogP contribution in [-0.4, -0.2) is 11.3 Å². The number of aromatic nitrogens is 1. The number of hydrogen-bond acceptors (Lipinski definition) is 2. The summed E-state index contributed by atoms with van der Waals surface area (Å²) in [5, 5.41) is 0. The summed E-state index contributed by atoms with van der Waals surface area (Å²) >= 11 is 0. The molecule has 2 rings (SSSR count). The van der Waals surface area contributed by atoms with Crippen molar-refractivity contribution >= 4 is 6.29 Å². The summed E-state index contributed by atoms with van der Waals surface area (Å²) in [5.41, 5.74) is 1.24. The molecule has 1 heterocycles. The van der Waals surface area contributed by atoms with Crippen LogP contribution in [0.5, 0.6) is 0 Å². The molecular formula is C10H7NO2. The fourth-order valence-electron chi connectivity index (χ4n) is 1.32. The summed E-state index contributed by atoms with van der Waals surface area (Å²) < 4.78 is 0. The Bertz CT molecular complexity index is 473. The zero-order valence-corrected chi connectivity index (χ0v) is 6.78. The second-order valence-corrected chi connectivity index (χ2v) is 2.72. The van der Waals surface area contributed by atoms with Crippen LogP contribution in [0.3, 0.4) is 0 Å². The van der Waals surface area contributed by atoms with Crippen molar-refractivity contribution in [2.24, 2.45) is 0 Å². The normalized spacial score (nSPS) is 10.2. The Morgan fingerprint density at radius 1 is 1.15 bits per heavy atom. The van der Waals surface area contributed by atoms with Crippen molar-refractivity contribution in [2.45, 2.75) is 0 Å². The minimum atomic E-state index is -0.323. The van der Waals surface area contributed by atoms with Crippen molar-refractivity contribution in [1.82, 2.24) is 4.98 Å². The lowest BCUT2D eigenvalue weighted by Crippen LogP contribution is -2.02. The fourth-order valence-corrected chi connectivity index (χ4v) is 1.32. The van der Waals surface area contributed by atoms with Gasteiger partial charge in [0.2, 0.25) is 0 Å². The summed E-state index contributed by atoms with van der Waals surface area (Å²) in [5.74, 6) is 0. The van der Waals surface area contributed by atoms with Crippen LogP contribution in [0.4, 0.5) is 0 Å². The summed E-state index contributed by atoms with van der Waals surface area (Å²) in [6.45, 7) is 0. The lowest BCUT2D eigenvalue weighted by Gasteiger charge is -1.88. The maximum atomic E-state index is 11.2. The van der Waals surface area contributed by atoms with Crippen molar-refractivity contribution in [1.29, 1.82) is 0 Å². The lowest BCUT2D eigenvalue weighted by molar-refractivity contribution is 0.112. The van der Waals surface area contributed by atoms with Crippen LogP contribution in [-0.2, 0) is 0 Å². The van der Waals surface area contributed by atoms with Crippen molar-refractivity contribution < 1.29 is 4.79 Å². The monoisotopic (exact) mass is 173 g/mol. The van der Waals surface area contributed by atoms with Crippen LogP contribution in [0.25, 0.3) is 11.3 Å². The number of carbonyl (C=O) groups excluding carboxylic acids is 1. The Kier molecular flexibility index (Phi) is 1.70. The molecule has 13 heavy (non-hydrogen) atoms. The van der Waals surface area contributed by atoms with E-state index in [1.807, 2.05) is 12.1 Å². The van der Waals surface area contributed by atoms with Gasteiger partial charge in [-0.2, -0.15) is 0 Å². The number of fused-ring (bicyclic) bond motifs is 1. The predicted octanol–water partition coefficient (Wildman–Crippen LogP) is 1.29. The van der Waals surface area contributed by atoms with Crippen molar-refractivity contribution in [3.05, 3.63) is 46.2 Å². The van der Waals surface area contributed by atoms with E-state index < -0.39 is 0 Å². The molecule has 0 saturated carbocycles. The second-order valence-electron chi connectivity index (χ2n) is 2.72. The number of aldehydes is 1. The molecule has 0 radical (unpaired) electrons. The average molecular weight is 173 g/mol. The highest BCUT2D eigenvalue weighted by molar-refractivity contribution is 5.87. The van der Waals surface area contributed by atoms with Gasteiger partial charge in [-0.05, 0) is 6.07 Å². The van der Waals surface area contributed by atoms with Crippen molar-refractivity contribution in [2.75, 3.05) is 0 Å². The Hall–Kier alpha value is -1.90. The van der Waals surface area contributed by atoms with Gasteiger partial charge in [-0.15, -0.1) is 0 Å². The van der Waals surface area contributed by atoms with Crippen LogP contribution in [0.1, 0.15) is 10.4 Å². The maximum absolute atomic E-state index is 11.2. The molecule has 0 unspecified atom stereocenters. The molecule has 0 fully saturated rings. The third-order valence-electron chi connectivity index (χ3n) is 1.94. The zero-order valence-electron chi connectivity index (χ0n) is 6.78. The van der Waals surface area contributed by atoms with E-state index in [1.165, 1.54) is 0 Å². The van der Waals surface area contributed by atoms with Crippen molar-refractivity contribution in [3.63, 3.8) is 0 Å². The van der Waals surface area contributed by atoms with Crippen LogP contribution >= 0.6 is 0 Å². The molecule has 1 aliphatic heterocycles. The molecule has 64 valence electrons. The van der Waals surface area contributed by atoms with E-state index in [9.17, 15) is 9.59 Å². The van der Waals surface area contributed by atoms with Gasteiger partial charge in [0.1, 0.15) is 0 Å². The standard InChI is InChI=1S/C10H7NO2/c12-6-8-7-4-2-1-3-5-9(7)11-10(8)13/h1-6H,(H,11,13). The van der Waals surface area contributed by atoms with Crippen LogP contribution in [0, 0.1) is 0 Å². The topological polar surface area (TPSA) is 49.9 Å². The largest absolute Gasteiger partial charge is 0.321 e. The molecule has 0 aromatic heterocycles. The first kappa shape index (κ1) is 7.73. The molecule has 0 aromatic carbocycles. The van der Waals surface area contributed by atoms with E-state index in [1.54, 1.807) is 18.2 Å². The molecule has 3 heteroatoms. The minimum absolute atomic E-state index is 0.200. The van der Waals surface area contributed by atoms with Crippen LogP contribution < -0.4 is 5.56 Å². The van der Waals surface area contributed by atoms with E-state index >= 15 is 0 Å². The molecule has 0 spiro atoms. The van der Waals surface area contributed by atoms with Gasteiger partial charge in [0, 0.05) is 11.3 Å². The number of nitrogens with one attached hydrogen (secondary N) is 1. The Morgan fingerprint density at radius 3 is 2.69 bits per heavy atom. The van der Waals surface area contributed by atoms with Gasteiger partial charge >= 0.3 is 0 Å². The molecule has 0 atom stereocenters. The number of carbonyl (C=O) groups is 1. The summed E-state index contributed by atoms with van der Waals surface area (Å²) in [6.07, 6.45) is 0.584. The summed E-state index contributed by atoms with van der Waals surface area (Å²) in [6, 6.07) is 8.96. The average Bonchev–Trinajstić information content (AvgIpc) is 2.32. The minimum Gasteiger partial charge on any atom is -0.321 e. The van der Waals surface area contributed by atoms with Crippen molar-refractivity contribution in [3.8, 4) is 11.3 Å². The number of aromatic amines is 1. The third kappa shape index (κ3) is 1.14. The highest BCUT2D eigenvalue weighted by Crippen LogP contribution is 2.18. The zero-order chi connectivity index (χ0) is 9.26. The van der Waals surface area contributed by atoms with Gasteiger partial charge in [0.25, 0.3) is 5.56 Å². The van der Waals surface area contributed by atoms with Gasteiger partial charge in [0.05, 0.1) is 5.56 Å². The van der Waals surface area contributed by atoms with E-state index in [4.69, 9.17) is 0 Å². The molecule has 1 N–H and O–H groups in total. The summed E-state index contributed by atoms with van der Waals surface area (Å²) in [7, 11) is 0. The number of H-pyrrole nitrogens is 1. The molecule has 0 amide bonds.